The van der Waals surface area contributed by atoms with Crippen LogP contribution in [0.4, 0.5) is 0 Å². The van der Waals surface area contributed by atoms with Crippen LogP contribution < -0.4 is 5.32 Å². The Bertz CT molecular complexity index is 162. The Hall–Kier alpha value is -0.0800. The molecule has 0 amide bonds. The first kappa shape index (κ1) is 13.0. The van der Waals surface area contributed by atoms with Crippen molar-refractivity contribution in [1.29, 1.82) is 0 Å². The second-order valence-electron chi connectivity index (χ2n) is 5.17. The Balaban J connectivity index is 0.000000337. The standard InChI is InChI=1S/C10H20N2.C3H8/c1-12-8-3-5-10(6-9-12)4-2-7-11-10;1-3-2/h11H,2-9H2,1H3;3H2,1-2H3. The van der Waals surface area contributed by atoms with E-state index in [1.807, 2.05) is 0 Å². The molecule has 0 aliphatic carbocycles. The van der Waals surface area contributed by atoms with Crippen molar-refractivity contribution in [1.82, 2.24) is 10.2 Å². The lowest BCUT2D eigenvalue weighted by Crippen LogP contribution is -2.40. The zero-order valence-electron chi connectivity index (χ0n) is 10.8. The molecule has 2 aliphatic rings. The van der Waals surface area contributed by atoms with Crippen LogP contribution >= 0.6 is 0 Å². The van der Waals surface area contributed by atoms with E-state index >= 15 is 0 Å². The largest absolute Gasteiger partial charge is 0.311 e. The van der Waals surface area contributed by atoms with Crippen molar-refractivity contribution in [2.75, 3.05) is 26.7 Å². The van der Waals surface area contributed by atoms with Gasteiger partial charge in [-0.25, -0.2) is 0 Å². The third kappa shape index (κ3) is 4.12. The van der Waals surface area contributed by atoms with Crippen molar-refractivity contribution in [3.8, 4) is 0 Å². The summed E-state index contributed by atoms with van der Waals surface area (Å²) < 4.78 is 0. The normalized spacial score (nSPS) is 32.2. The molecule has 0 bridgehead atoms. The Morgan fingerprint density at radius 1 is 1.07 bits per heavy atom. The Kier molecular flexibility index (Phi) is 5.62. The maximum absolute atomic E-state index is 3.71. The maximum atomic E-state index is 3.71. The van der Waals surface area contributed by atoms with Crippen molar-refractivity contribution in [2.24, 2.45) is 0 Å². The molecule has 2 heteroatoms. The summed E-state index contributed by atoms with van der Waals surface area (Å²) in [5.74, 6) is 0. The van der Waals surface area contributed by atoms with Gasteiger partial charge in [0.25, 0.3) is 0 Å². The number of rotatable bonds is 0. The van der Waals surface area contributed by atoms with Crippen molar-refractivity contribution in [3.05, 3.63) is 0 Å². The molecule has 15 heavy (non-hydrogen) atoms. The topological polar surface area (TPSA) is 15.3 Å². The van der Waals surface area contributed by atoms with E-state index in [1.165, 1.54) is 58.2 Å². The summed E-state index contributed by atoms with van der Waals surface area (Å²) in [5.41, 5.74) is 0.546. The van der Waals surface area contributed by atoms with Gasteiger partial charge < -0.3 is 10.2 Å². The zero-order valence-corrected chi connectivity index (χ0v) is 10.8. The predicted octanol–water partition coefficient (Wildman–Crippen LogP) is 2.64. The van der Waals surface area contributed by atoms with Crippen LogP contribution in [0.1, 0.15) is 52.4 Å². The molecule has 2 nitrogen and oxygen atoms in total. The van der Waals surface area contributed by atoms with E-state index in [2.05, 4.69) is 31.1 Å². The third-order valence-electron chi connectivity index (χ3n) is 3.50. The lowest BCUT2D eigenvalue weighted by Gasteiger charge is -2.27. The van der Waals surface area contributed by atoms with E-state index in [0.717, 1.165) is 0 Å². The zero-order chi connectivity index (χ0) is 11.1. The fourth-order valence-corrected chi connectivity index (χ4v) is 2.62. The van der Waals surface area contributed by atoms with E-state index in [9.17, 15) is 0 Å². The molecule has 1 spiro atoms. The molecular weight excluding hydrogens is 184 g/mol. The highest BCUT2D eigenvalue weighted by Crippen LogP contribution is 2.30. The summed E-state index contributed by atoms with van der Waals surface area (Å²) in [7, 11) is 2.24. The van der Waals surface area contributed by atoms with Gasteiger partial charge in [0.2, 0.25) is 0 Å². The minimum absolute atomic E-state index is 0.546. The molecule has 1 unspecified atom stereocenters. The minimum Gasteiger partial charge on any atom is -0.311 e. The first-order chi connectivity index (χ1) is 7.22. The van der Waals surface area contributed by atoms with Crippen LogP contribution in [0.15, 0.2) is 0 Å². The molecule has 0 saturated carbocycles. The van der Waals surface area contributed by atoms with Crippen molar-refractivity contribution >= 4 is 0 Å². The summed E-state index contributed by atoms with van der Waals surface area (Å²) in [6, 6.07) is 0. The number of hydrogen-bond acceptors (Lipinski definition) is 2. The molecule has 2 aliphatic heterocycles. The molecule has 90 valence electrons. The smallest absolute Gasteiger partial charge is 0.0194 e. The monoisotopic (exact) mass is 212 g/mol. The average molecular weight is 212 g/mol. The van der Waals surface area contributed by atoms with Crippen LogP contribution in [0, 0.1) is 0 Å². The first-order valence-corrected chi connectivity index (χ1v) is 6.66. The third-order valence-corrected chi connectivity index (χ3v) is 3.50. The van der Waals surface area contributed by atoms with Crippen molar-refractivity contribution in [3.63, 3.8) is 0 Å². The summed E-state index contributed by atoms with van der Waals surface area (Å²) in [6.45, 7) is 8.08. The molecule has 0 aromatic carbocycles. The summed E-state index contributed by atoms with van der Waals surface area (Å²) >= 11 is 0. The van der Waals surface area contributed by atoms with E-state index in [-0.39, 0.29) is 0 Å². The molecule has 0 aromatic heterocycles. The molecule has 1 atom stereocenters. The number of nitrogens with zero attached hydrogens (tertiary/aromatic N) is 1. The molecule has 2 fully saturated rings. The predicted molar refractivity (Wildman–Crippen MR) is 67.3 cm³/mol. The highest BCUT2D eigenvalue weighted by molar-refractivity contribution is 4.94. The van der Waals surface area contributed by atoms with Crippen molar-refractivity contribution < 1.29 is 0 Å². The van der Waals surface area contributed by atoms with Gasteiger partial charge in [-0.1, -0.05) is 20.3 Å². The molecule has 1 N–H and O–H groups in total. The maximum Gasteiger partial charge on any atom is 0.0194 e. The second-order valence-corrected chi connectivity index (χ2v) is 5.17. The lowest BCUT2D eigenvalue weighted by molar-refractivity contribution is 0.307. The van der Waals surface area contributed by atoms with Gasteiger partial charge >= 0.3 is 0 Å². The van der Waals surface area contributed by atoms with Gasteiger partial charge in [-0.05, 0) is 58.8 Å². The van der Waals surface area contributed by atoms with Gasteiger partial charge in [0, 0.05) is 5.54 Å². The molecule has 0 aromatic rings. The Morgan fingerprint density at radius 2 is 1.73 bits per heavy atom. The number of nitrogens with one attached hydrogen (secondary N) is 1. The molecule has 2 rings (SSSR count). The summed E-state index contributed by atoms with van der Waals surface area (Å²) in [4.78, 5) is 2.47. The molecule has 0 radical (unpaired) electrons. The summed E-state index contributed by atoms with van der Waals surface area (Å²) in [5, 5.41) is 3.71. The van der Waals surface area contributed by atoms with Gasteiger partial charge in [0.05, 0.1) is 0 Å². The van der Waals surface area contributed by atoms with Gasteiger partial charge in [-0.2, -0.15) is 0 Å². The van der Waals surface area contributed by atoms with Crippen LogP contribution in [0.5, 0.6) is 0 Å². The Morgan fingerprint density at radius 3 is 2.33 bits per heavy atom. The average Bonchev–Trinajstić information content (AvgIpc) is 2.57. The first-order valence-electron chi connectivity index (χ1n) is 6.66. The Labute approximate surface area is 95.4 Å². The van der Waals surface area contributed by atoms with Crippen LogP contribution in [-0.2, 0) is 0 Å². The fourth-order valence-electron chi connectivity index (χ4n) is 2.62. The quantitative estimate of drug-likeness (QED) is 0.664. The summed E-state index contributed by atoms with van der Waals surface area (Å²) in [6.07, 6.45) is 8.20. The highest BCUT2D eigenvalue weighted by Gasteiger charge is 2.33. The highest BCUT2D eigenvalue weighted by atomic mass is 15.1. The minimum atomic E-state index is 0.546. The van der Waals surface area contributed by atoms with E-state index in [4.69, 9.17) is 0 Å². The molecule has 2 saturated heterocycles. The number of hydrogen-bond donors (Lipinski definition) is 1. The van der Waals surface area contributed by atoms with Crippen LogP contribution in [0.25, 0.3) is 0 Å². The van der Waals surface area contributed by atoms with E-state index in [1.54, 1.807) is 0 Å². The van der Waals surface area contributed by atoms with Crippen LogP contribution in [0.3, 0.4) is 0 Å². The lowest BCUT2D eigenvalue weighted by atomic mass is 9.89. The van der Waals surface area contributed by atoms with Crippen LogP contribution in [-0.4, -0.2) is 37.1 Å². The van der Waals surface area contributed by atoms with Gasteiger partial charge in [-0.15, -0.1) is 0 Å². The van der Waals surface area contributed by atoms with Gasteiger partial charge in [-0.3, -0.25) is 0 Å². The van der Waals surface area contributed by atoms with E-state index in [0.29, 0.717) is 5.54 Å². The van der Waals surface area contributed by atoms with Gasteiger partial charge in [0.15, 0.2) is 0 Å². The molecule has 2 heterocycles. The van der Waals surface area contributed by atoms with E-state index < -0.39 is 0 Å². The fraction of sp³-hybridized carbons (Fsp3) is 1.00. The van der Waals surface area contributed by atoms with Crippen molar-refractivity contribution in [2.45, 2.75) is 57.9 Å². The van der Waals surface area contributed by atoms with Gasteiger partial charge in [0.1, 0.15) is 0 Å². The van der Waals surface area contributed by atoms with Crippen LogP contribution in [0.2, 0.25) is 0 Å². The second kappa shape index (κ2) is 6.49. The molecular formula is C13H28N2. The number of likely N-dealkylation sites (tertiary alicyclic amines) is 1. The SMILES string of the molecule is CCC.CN1CCCC2(CCCN2)CC1.